The zero-order valence-electron chi connectivity index (χ0n) is 10.7. The van der Waals surface area contributed by atoms with Crippen molar-refractivity contribution >= 4 is 12.4 Å². The number of nitrogens with zero attached hydrogens (tertiary/aromatic N) is 1. The zero-order valence-corrected chi connectivity index (χ0v) is 11.5. The average molecular weight is 255 g/mol. The van der Waals surface area contributed by atoms with Crippen LogP contribution in [0.15, 0.2) is 30.3 Å². The number of nitrogens with two attached hydrogens (primary N) is 1. The second-order valence-electron chi connectivity index (χ2n) is 4.99. The standard InChI is InChI=1S/C14H22N2.ClH/c1-11(15)14-8-9-16(10-14)12(2)13-6-4-3-5-7-13;/h3-7,11-12,14H,8-10,15H2,1-2H3;1H. The van der Waals surface area contributed by atoms with E-state index in [9.17, 15) is 0 Å². The van der Waals surface area contributed by atoms with Crippen molar-refractivity contribution in [1.29, 1.82) is 0 Å². The van der Waals surface area contributed by atoms with E-state index >= 15 is 0 Å². The number of likely N-dealkylation sites (tertiary alicyclic amines) is 1. The summed E-state index contributed by atoms with van der Waals surface area (Å²) < 4.78 is 0. The van der Waals surface area contributed by atoms with E-state index < -0.39 is 0 Å². The van der Waals surface area contributed by atoms with Gasteiger partial charge in [0.1, 0.15) is 0 Å². The second kappa shape index (κ2) is 6.39. The number of hydrogen-bond donors (Lipinski definition) is 1. The summed E-state index contributed by atoms with van der Waals surface area (Å²) in [7, 11) is 0. The van der Waals surface area contributed by atoms with Gasteiger partial charge < -0.3 is 5.73 Å². The molecular formula is C14H23ClN2. The van der Waals surface area contributed by atoms with Gasteiger partial charge in [-0.15, -0.1) is 12.4 Å². The van der Waals surface area contributed by atoms with Crippen molar-refractivity contribution in [3.63, 3.8) is 0 Å². The first-order chi connectivity index (χ1) is 7.68. The normalized spacial score (nSPS) is 24.1. The first-order valence-corrected chi connectivity index (χ1v) is 6.23. The van der Waals surface area contributed by atoms with Crippen molar-refractivity contribution in [2.75, 3.05) is 13.1 Å². The van der Waals surface area contributed by atoms with Crippen LogP contribution in [0.25, 0.3) is 0 Å². The summed E-state index contributed by atoms with van der Waals surface area (Å²) in [5.41, 5.74) is 7.38. The average Bonchev–Trinajstić information content (AvgIpc) is 2.78. The molecule has 0 bridgehead atoms. The molecule has 1 aliphatic rings. The Morgan fingerprint density at radius 3 is 2.41 bits per heavy atom. The Morgan fingerprint density at radius 1 is 1.24 bits per heavy atom. The first kappa shape index (κ1) is 14.5. The highest BCUT2D eigenvalue weighted by atomic mass is 35.5. The van der Waals surface area contributed by atoms with Crippen LogP contribution in [-0.4, -0.2) is 24.0 Å². The van der Waals surface area contributed by atoms with Crippen LogP contribution in [0.2, 0.25) is 0 Å². The molecule has 1 fully saturated rings. The minimum absolute atomic E-state index is 0. The van der Waals surface area contributed by atoms with E-state index in [1.54, 1.807) is 0 Å². The SMILES string of the molecule is CC(N)C1CCN(C(C)c2ccccc2)C1.Cl. The molecule has 1 aromatic carbocycles. The van der Waals surface area contributed by atoms with Gasteiger partial charge in [0.2, 0.25) is 0 Å². The molecular weight excluding hydrogens is 232 g/mol. The lowest BCUT2D eigenvalue weighted by Gasteiger charge is -2.25. The summed E-state index contributed by atoms with van der Waals surface area (Å²) in [6.45, 7) is 6.75. The zero-order chi connectivity index (χ0) is 11.5. The van der Waals surface area contributed by atoms with Gasteiger partial charge in [0.25, 0.3) is 0 Å². The lowest BCUT2D eigenvalue weighted by atomic mass is 10.0. The van der Waals surface area contributed by atoms with Crippen molar-refractivity contribution in [2.45, 2.75) is 32.4 Å². The van der Waals surface area contributed by atoms with E-state index in [0.29, 0.717) is 18.0 Å². The lowest BCUT2D eigenvalue weighted by molar-refractivity contribution is 0.248. The molecule has 0 amide bonds. The van der Waals surface area contributed by atoms with Crippen LogP contribution in [0, 0.1) is 5.92 Å². The summed E-state index contributed by atoms with van der Waals surface area (Å²) in [5.74, 6) is 0.672. The van der Waals surface area contributed by atoms with Crippen molar-refractivity contribution in [3.8, 4) is 0 Å². The van der Waals surface area contributed by atoms with Gasteiger partial charge in [-0.2, -0.15) is 0 Å². The van der Waals surface area contributed by atoms with Crippen molar-refractivity contribution in [1.82, 2.24) is 4.90 Å². The van der Waals surface area contributed by atoms with Gasteiger partial charge in [0.15, 0.2) is 0 Å². The van der Waals surface area contributed by atoms with E-state index in [2.05, 4.69) is 49.1 Å². The minimum atomic E-state index is 0. The van der Waals surface area contributed by atoms with Crippen molar-refractivity contribution < 1.29 is 0 Å². The molecule has 3 heteroatoms. The van der Waals surface area contributed by atoms with Crippen LogP contribution in [-0.2, 0) is 0 Å². The van der Waals surface area contributed by atoms with E-state index in [1.807, 2.05) is 0 Å². The molecule has 0 saturated carbocycles. The Balaban J connectivity index is 0.00000144. The lowest BCUT2D eigenvalue weighted by Crippen LogP contribution is -2.30. The molecule has 1 aliphatic heterocycles. The summed E-state index contributed by atoms with van der Waals surface area (Å²) in [6, 6.07) is 11.6. The van der Waals surface area contributed by atoms with Crippen LogP contribution >= 0.6 is 12.4 Å². The maximum absolute atomic E-state index is 5.97. The van der Waals surface area contributed by atoms with E-state index in [-0.39, 0.29) is 12.4 Å². The van der Waals surface area contributed by atoms with Gasteiger partial charge in [0.05, 0.1) is 0 Å². The molecule has 3 atom stereocenters. The summed E-state index contributed by atoms with van der Waals surface area (Å²) >= 11 is 0. The quantitative estimate of drug-likeness (QED) is 0.899. The molecule has 1 aromatic rings. The molecule has 0 aromatic heterocycles. The van der Waals surface area contributed by atoms with E-state index in [1.165, 1.54) is 18.5 Å². The summed E-state index contributed by atoms with van der Waals surface area (Å²) in [4.78, 5) is 2.54. The van der Waals surface area contributed by atoms with Crippen molar-refractivity contribution in [2.24, 2.45) is 11.7 Å². The molecule has 2 rings (SSSR count). The third kappa shape index (κ3) is 3.44. The molecule has 17 heavy (non-hydrogen) atoms. The fourth-order valence-electron chi connectivity index (χ4n) is 2.54. The third-order valence-electron chi connectivity index (χ3n) is 3.83. The van der Waals surface area contributed by atoms with Gasteiger partial charge in [-0.05, 0) is 38.3 Å². The van der Waals surface area contributed by atoms with Crippen LogP contribution < -0.4 is 5.73 Å². The molecule has 1 heterocycles. The van der Waals surface area contributed by atoms with Gasteiger partial charge in [0, 0.05) is 18.6 Å². The molecule has 2 N–H and O–H groups in total. The number of rotatable bonds is 3. The van der Waals surface area contributed by atoms with Crippen LogP contribution in [0.5, 0.6) is 0 Å². The van der Waals surface area contributed by atoms with E-state index in [4.69, 9.17) is 5.73 Å². The molecule has 2 nitrogen and oxygen atoms in total. The Labute approximate surface area is 111 Å². The number of benzene rings is 1. The predicted molar refractivity (Wildman–Crippen MR) is 75.4 cm³/mol. The topological polar surface area (TPSA) is 29.3 Å². The fraction of sp³-hybridized carbons (Fsp3) is 0.571. The molecule has 3 unspecified atom stereocenters. The smallest absolute Gasteiger partial charge is 0.0320 e. The number of halogens is 1. The highest BCUT2D eigenvalue weighted by Crippen LogP contribution is 2.28. The highest BCUT2D eigenvalue weighted by molar-refractivity contribution is 5.85. The maximum Gasteiger partial charge on any atom is 0.0320 e. The van der Waals surface area contributed by atoms with Crippen LogP contribution in [0.3, 0.4) is 0 Å². The molecule has 0 aliphatic carbocycles. The summed E-state index contributed by atoms with van der Waals surface area (Å²) in [6.07, 6.45) is 1.24. The number of hydrogen-bond acceptors (Lipinski definition) is 2. The van der Waals surface area contributed by atoms with Gasteiger partial charge in [-0.25, -0.2) is 0 Å². The molecule has 0 spiro atoms. The Morgan fingerprint density at radius 2 is 1.88 bits per heavy atom. The maximum atomic E-state index is 5.97. The molecule has 1 saturated heterocycles. The fourth-order valence-corrected chi connectivity index (χ4v) is 2.54. The Kier molecular flexibility index (Phi) is 5.44. The Bertz CT molecular complexity index is 326. The van der Waals surface area contributed by atoms with Gasteiger partial charge in [-0.3, -0.25) is 4.90 Å². The molecule has 96 valence electrons. The molecule has 0 radical (unpaired) electrons. The third-order valence-corrected chi connectivity index (χ3v) is 3.83. The van der Waals surface area contributed by atoms with Crippen LogP contribution in [0.4, 0.5) is 0 Å². The largest absolute Gasteiger partial charge is 0.328 e. The summed E-state index contributed by atoms with van der Waals surface area (Å²) in [5, 5.41) is 0. The minimum Gasteiger partial charge on any atom is -0.328 e. The predicted octanol–water partition coefficient (Wildman–Crippen LogP) is 2.84. The highest BCUT2D eigenvalue weighted by Gasteiger charge is 2.28. The Hall–Kier alpha value is -0.570. The van der Waals surface area contributed by atoms with Crippen LogP contribution in [0.1, 0.15) is 31.9 Å². The monoisotopic (exact) mass is 254 g/mol. The second-order valence-corrected chi connectivity index (χ2v) is 4.99. The van der Waals surface area contributed by atoms with Gasteiger partial charge in [-0.1, -0.05) is 30.3 Å². The van der Waals surface area contributed by atoms with Crippen molar-refractivity contribution in [3.05, 3.63) is 35.9 Å². The van der Waals surface area contributed by atoms with E-state index in [0.717, 1.165) is 6.54 Å². The van der Waals surface area contributed by atoms with Gasteiger partial charge >= 0.3 is 0 Å². The first-order valence-electron chi connectivity index (χ1n) is 6.23.